The molecule has 8 nitrogen and oxygen atoms in total. The molecule has 0 aliphatic carbocycles. The lowest BCUT2D eigenvalue weighted by Gasteiger charge is -2.36. The summed E-state index contributed by atoms with van der Waals surface area (Å²) in [7, 11) is 0. The molecule has 0 saturated carbocycles. The molecule has 4 heterocycles. The van der Waals surface area contributed by atoms with Gasteiger partial charge in [0.2, 0.25) is 11.8 Å². The van der Waals surface area contributed by atoms with E-state index in [1.165, 1.54) is 4.52 Å². The zero-order chi connectivity index (χ0) is 22.3. The van der Waals surface area contributed by atoms with Crippen molar-refractivity contribution < 1.29 is 9.59 Å². The monoisotopic (exact) mass is 427 g/mol. The Morgan fingerprint density at radius 1 is 1.19 bits per heavy atom. The number of nitrogens with one attached hydrogen (secondary N) is 1. The van der Waals surface area contributed by atoms with Crippen LogP contribution in [-0.2, 0) is 22.6 Å². The maximum atomic E-state index is 13.3. The molecule has 0 unspecified atom stereocenters. The zero-order valence-corrected chi connectivity index (χ0v) is 19.0. The number of rotatable bonds is 4. The van der Waals surface area contributed by atoms with Crippen molar-refractivity contribution in [2.24, 2.45) is 11.8 Å². The summed E-state index contributed by atoms with van der Waals surface area (Å²) in [5.74, 6) is 0.123. The molecule has 2 amide bonds. The van der Waals surface area contributed by atoms with E-state index < -0.39 is 0 Å². The number of carbonyl (C=O) groups excluding carboxylic acids is 2. The molecule has 8 heteroatoms. The van der Waals surface area contributed by atoms with Gasteiger partial charge in [-0.05, 0) is 25.7 Å². The Bertz CT molecular complexity index is 1050. The van der Waals surface area contributed by atoms with E-state index in [0.717, 1.165) is 43.6 Å². The van der Waals surface area contributed by atoms with E-state index in [9.17, 15) is 14.4 Å². The maximum Gasteiger partial charge on any atom is 0.277 e. The minimum Gasteiger partial charge on any atom is -0.337 e. The van der Waals surface area contributed by atoms with Crippen LogP contribution >= 0.6 is 0 Å². The minimum atomic E-state index is -0.150. The number of hydrogen-bond acceptors (Lipinski definition) is 4. The molecule has 2 atom stereocenters. The van der Waals surface area contributed by atoms with Gasteiger partial charge in [0.05, 0.1) is 29.5 Å². The van der Waals surface area contributed by atoms with Crippen LogP contribution in [0.15, 0.2) is 10.9 Å². The number of carbonyl (C=O) groups is 2. The molecule has 4 rings (SSSR count). The van der Waals surface area contributed by atoms with E-state index in [2.05, 4.69) is 5.10 Å². The van der Waals surface area contributed by atoms with Crippen LogP contribution in [0.5, 0.6) is 0 Å². The Labute approximate surface area is 182 Å². The predicted molar refractivity (Wildman–Crippen MR) is 118 cm³/mol. The van der Waals surface area contributed by atoms with Gasteiger partial charge in [-0.15, -0.1) is 0 Å². The highest BCUT2D eigenvalue weighted by Gasteiger charge is 2.32. The number of H-pyrrole nitrogens is 1. The van der Waals surface area contributed by atoms with Crippen molar-refractivity contribution in [1.29, 1.82) is 0 Å². The van der Waals surface area contributed by atoms with Crippen molar-refractivity contribution >= 4 is 17.5 Å². The summed E-state index contributed by atoms with van der Waals surface area (Å²) < 4.78 is 1.48. The van der Waals surface area contributed by atoms with E-state index in [-0.39, 0.29) is 35.3 Å². The predicted octanol–water partition coefficient (Wildman–Crippen LogP) is 2.66. The minimum absolute atomic E-state index is 0.0115. The first kappa shape index (κ1) is 21.6. The number of aromatic nitrogens is 3. The second-order valence-corrected chi connectivity index (χ2v) is 9.26. The lowest BCUT2D eigenvalue weighted by atomic mass is 9.96. The molecule has 2 aliphatic rings. The van der Waals surface area contributed by atoms with E-state index in [4.69, 9.17) is 4.98 Å². The summed E-state index contributed by atoms with van der Waals surface area (Å²) in [4.78, 5) is 47.1. The van der Waals surface area contributed by atoms with Crippen molar-refractivity contribution in [2.45, 2.75) is 72.4 Å². The van der Waals surface area contributed by atoms with Crippen LogP contribution in [-0.4, -0.2) is 49.3 Å². The molecule has 168 valence electrons. The normalized spacial score (nSPS) is 20.2. The standard InChI is InChI=1S/C23H33N5O3/c1-5-15(4)22(30)27-10-7-6-8-19(27)18-12-20-24-17-9-11-26(21(29)14(2)3)13-16(17)23(31)28(20)25-18/h12,14-15,19,25H,5-11,13H2,1-4H3/t15-,19+/m1/s1. The van der Waals surface area contributed by atoms with Gasteiger partial charge in [-0.2, -0.15) is 0 Å². The summed E-state index contributed by atoms with van der Waals surface area (Å²) in [6.07, 6.45) is 4.33. The van der Waals surface area contributed by atoms with Gasteiger partial charge in [0.15, 0.2) is 5.65 Å². The number of nitrogens with zero attached hydrogens (tertiary/aromatic N) is 4. The molecule has 0 aromatic carbocycles. The number of aromatic amines is 1. The topological polar surface area (TPSA) is 90.8 Å². The van der Waals surface area contributed by atoms with Crippen LogP contribution in [0, 0.1) is 11.8 Å². The first-order valence-electron chi connectivity index (χ1n) is 11.5. The number of hydrogen-bond donors (Lipinski definition) is 1. The maximum absolute atomic E-state index is 13.3. The van der Waals surface area contributed by atoms with Gasteiger partial charge in [0.1, 0.15) is 0 Å². The fourth-order valence-electron chi connectivity index (χ4n) is 4.70. The Balaban J connectivity index is 1.69. The fourth-order valence-corrected chi connectivity index (χ4v) is 4.70. The van der Waals surface area contributed by atoms with Gasteiger partial charge in [-0.1, -0.05) is 27.7 Å². The van der Waals surface area contributed by atoms with Crippen molar-refractivity contribution in [1.82, 2.24) is 24.4 Å². The average molecular weight is 428 g/mol. The third-order valence-corrected chi connectivity index (χ3v) is 6.77. The van der Waals surface area contributed by atoms with Crippen molar-refractivity contribution in [3.63, 3.8) is 0 Å². The third kappa shape index (κ3) is 3.88. The van der Waals surface area contributed by atoms with Gasteiger partial charge in [0.25, 0.3) is 5.56 Å². The molecule has 0 spiro atoms. The fraction of sp³-hybridized carbons (Fsp3) is 0.652. The Morgan fingerprint density at radius 2 is 1.97 bits per heavy atom. The quantitative estimate of drug-likeness (QED) is 0.812. The molecule has 0 radical (unpaired) electrons. The third-order valence-electron chi connectivity index (χ3n) is 6.77. The molecule has 1 saturated heterocycles. The van der Waals surface area contributed by atoms with Crippen LogP contribution in [0.4, 0.5) is 0 Å². The van der Waals surface area contributed by atoms with E-state index in [1.807, 2.05) is 38.7 Å². The molecule has 2 aromatic heterocycles. The SMILES string of the molecule is CC[C@@H](C)C(=O)N1CCCC[C@H]1c1cc2nc3c(c(=O)n2[nH]1)CN(C(=O)C(C)C)CC3. The van der Waals surface area contributed by atoms with Gasteiger partial charge < -0.3 is 9.80 Å². The lowest BCUT2D eigenvalue weighted by Crippen LogP contribution is -2.42. The lowest BCUT2D eigenvalue weighted by molar-refractivity contribution is -0.139. The smallest absolute Gasteiger partial charge is 0.277 e. The Morgan fingerprint density at radius 3 is 2.68 bits per heavy atom. The van der Waals surface area contributed by atoms with Gasteiger partial charge >= 0.3 is 0 Å². The summed E-state index contributed by atoms with van der Waals surface area (Å²) in [6.45, 7) is 9.39. The molecular formula is C23H33N5O3. The van der Waals surface area contributed by atoms with Crippen molar-refractivity contribution in [3.8, 4) is 0 Å². The molecular weight excluding hydrogens is 394 g/mol. The number of amides is 2. The zero-order valence-electron chi connectivity index (χ0n) is 19.0. The number of piperidine rings is 1. The summed E-state index contributed by atoms with van der Waals surface area (Å²) in [5, 5.41) is 3.24. The van der Waals surface area contributed by atoms with Crippen molar-refractivity contribution in [3.05, 3.63) is 33.4 Å². The van der Waals surface area contributed by atoms with E-state index in [0.29, 0.717) is 30.7 Å². The first-order valence-corrected chi connectivity index (χ1v) is 11.5. The Kier molecular flexibility index (Phi) is 5.90. The molecule has 1 fully saturated rings. The number of likely N-dealkylation sites (tertiary alicyclic amines) is 1. The summed E-state index contributed by atoms with van der Waals surface area (Å²) in [6, 6.07) is 1.85. The van der Waals surface area contributed by atoms with E-state index in [1.54, 1.807) is 4.90 Å². The van der Waals surface area contributed by atoms with E-state index >= 15 is 0 Å². The molecule has 31 heavy (non-hydrogen) atoms. The highest BCUT2D eigenvalue weighted by molar-refractivity contribution is 5.79. The molecule has 2 aliphatic heterocycles. The highest BCUT2D eigenvalue weighted by atomic mass is 16.2. The van der Waals surface area contributed by atoms with Crippen LogP contribution in [0.1, 0.15) is 76.4 Å². The van der Waals surface area contributed by atoms with Crippen LogP contribution in [0.3, 0.4) is 0 Å². The summed E-state index contributed by atoms with van der Waals surface area (Å²) >= 11 is 0. The molecule has 2 aromatic rings. The van der Waals surface area contributed by atoms with Crippen LogP contribution < -0.4 is 5.56 Å². The van der Waals surface area contributed by atoms with Gasteiger partial charge in [0, 0.05) is 37.4 Å². The highest BCUT2D eigenvalue weighted by Crippen LogP contribution is 2.32. The van der Waals surface area contributed by atoms with Crippen LogP contribution in [0.2, 0.25) is 0 Å². The largest absolute Gasteiger partial charge is 0.337 e. The van der Waals surface area contributed by atoms with Crippen LogP contribution in [0.25, 0.3) is 5.65 Å². The second-order valence-electron chi connectivity index (χ2n) is 9.26. The Hall–Kier alpha value is -2.64. The first-order chi connectivity index (χ1) is 14.8. The van der Waals surface area contributed by atoms with Gasteiger partial charge in [-0.3, -0.25) is 19.5 Å². The molecule has 0 bridgehead atoms. The van der Waals surface area contributed by atoms with Crippen molar-refractivity contribution in [2.75, 3.05) is 13.1 Å². The summed E-state index contributed by atoms with van der Waals surface area (Å²) in [5.41, 5.74) is 2.66. The second kappa shape index (κ2) is 8.48. The molecule has 1 N–H and O–H groups in total. The number of fused-ring (bicyclic) bond motifs is 2. The van der Waals surface area contributed by atoms with Gasteiger partial charge in [-0.25, -0.2) is 9.50 Å². The average Bonchev–Trinajstić information content (AvgIpc) is 3.21.